The van der Waals surface area contributed by atoms with Gasteiger partial charge in [0.05, 0.1) is 19.3 Å². The molecular weight excluding hydrogens is 290 g/mol. The molecule has 1 saturated carbocycles. The van der Waals surface area contributed by atoms with Crippen LogP contribution >= 0.6 is 0 Å². The van der Waals surface area contributed by atoms with E-state index in [-0.39, 0.29) is 11.8 Å². The van der Waals surface area contributed by atoms with Crippen molar-refractivity contribution < 1.29 is 9.53 Å². The molecule has 23 heavy (non-hydrogen) atoms. The van der Waals surface area contributed by atoms with Crippen molar-refractivity contribution in [3.8, 4) is 5.75 Å². The Balaban J connectivity index is 1.78. The van der Waals surface area contributed by atoms with E-state index in [4.69, 9.17) is 4.74 Å². The zero-order chi connectivity index (χ0) is 15.8. The maximum absolute atomic E-state index is 12.3. The summed E-state index contributed by atoms with van der Waals surface area (Å²) in [5, 5.41) is 7.65. The number of nitrogens with zero attached hydrogens (tertiary/aromatic N) is 2. The van der Waals surface area contributed by atoms with Crippen LogP contribution in [0.15, 0.2) is 30.5 Å². The van der Waals surface area contributed by atoms with Gasteiger partial charge in [0.25, 0.3) is 0 Å². The first-order chi connectivity index (χ1) is 11.3. The minimum absolute atomic E-state index is 0.00468. The average Bonchev–Trinajstić information content (AvgIpc) is 3.22. The molecule has 5 nitrogen and oxygen atoms in total. The number of benzene rings is 1. The fourth-order valence-corrected chi connectivity index (χ4v) is 3.90. The van der Waals surface area contributed by atoms with Gasteiger partial charge in [-0.05, 0) is 18.9 Å². The van der Waals surface area contributed by atoms with Gasteiger partial charge in [-0.2, -0.15) is 5.10 Å². The van der Waals surface area contributed by atoms with E-state index in [0.29, 0.717) is 12.5 Å². The highest BCUT2D eigenvalue weighted by molar-refractivity contribution is 5.94. The number of carbonyl (C=O) groups excluding carboxylic acids is 1. The van der Waals surface area contributed by atoms with E-state index in [1.165, 1.54) is 12.8 Å². The summed E-state index contributed by atoms with van der Waals surface area (Å²) in [7, 11) is 1.67. The van der Waals surface area contributed by atoms with Crippen LogP contribution in [0.3, 0.4) is 0 Å². The Morgan fingerprint density at radius 3 is 2.78 bits per heavy atom. The van der Waals surface area contributed by atoms with E-state index in [0.717, 1.165) is 35.5 Å². The first kappa shape index (κ1) is 14.3. The van der Waals surface area contributed by atoms with Crippen LogP contribution in [-0.2, 0) is 4.79 Å². The largest absolute Gasteiger partial charge is 0.496 e. The van der Waals surface area contributed by atoms with Gasteiger partial charge in [-0.3, -0.25) is 4.79 Å². The number of hydrogen-bond donors (Lipinski definition) is 1. The molecule has 1 aliphatic carbocycles. The Morgan fingerprint density at radius 2 is 2.00 bits per heavy atom. The summed E-state index contributed by atoms with van der Waals surface area (Å²) in [5.74, 6) is 1.76. The normalized spacial score (nSPS) is 21.1. The highest BCUT2D eigenvalue weighted by Gasteiger charge is 2.33. The van der Waals surface area contributed by atoms with Crippen LogP contribution in [0.1, 0.15) is 55.2 Å². The summed E-state index contributed by atoms with van der Waals surface area (Å²) in [5.41, 5.74) is 2.15. The van der Waals surface area contributed by atoms with Crippen molar-refractivity contribution in [2.45, 2.75) is 44.1 Å². The van der Waals surface area contributed by atoms with E-state index >= 15 is 0 Å². The van der Waals surface area contributed by atoms with Crippen LogP contribution in [-0.4, -0.2) is 22.8 Å². The third-order valence-corrected chi connectivity index (χ3v) is 5.03. The van der Waals surface area contributed by atoms with Crippen molar-refractivity contribution in [2.75, 3.05) is 12.4 Å². The van der Waals surface area contributed by atoms with E-state index in [9.17, 15) is 4.79 Å². The fraction of sp³-hybridized carbons (Fsp3) is 0.444. The molecule has 1 aromatic carbocycles. The summed E-state index contributed by atoms with van der Waals surface area (Å²) >= 11 is 0. The van der Waals surface area contributed by atoms with Gasteiger partial charge in [0.2, 0.25) is 5.91 Å². The van der Waals surface area contributed by atoms with E-state index in [1.54, 1.807) is 7.11 Å². The zero-order valence-electron chi connectivity index (χ0n) is 13.3. The van der Waals surface area contributed by atoms with Gasteiger partial charge in [0.15, 0.2) is 0 Å². The van der Waals surface area contributed by atoms with Crippen molar-refractivity contribution in [1.82, 2.24) is 9.78 Å². The smallest absolute Gasteiger partial charge is 0.226 e. The molecule has 0 spiro atoms. The lowest BCUT2D eigenvalue weighted by Crippen LogP contribution is -2.25. The lowest BCUT2D eigenvalue weighted by atomic mass is 9.87. The second-order valence-electron chi connectivity index (χ2n) is 6.38. The van der Waals surface area contributed by atoms with Gasteiger partial charge >= 0.3 is 0 Å². The van der Waals surface area contributed by atoms with Gasteiger partial charge < -0.3 is 10.1 Å². The first-order valence-electron chi connectivity index (χ1n) is 8.28. The van der Waals surface area contributed by atoms with Gasteiger partial charge in [-0.25, -0.2) is 4.68 Å². The minimum atomic E-state index is 0.00468. The zero-order valence-corrected chi connectivity index (χ0v) is 13.3. The molecule has 1 amide bonds. The third-order valence-electron chi connectivity index (χ3n) is 5.03. The quantitative estimate of drug-likeness (QED) is 0.944. The molecule has 2 aliphatic rings. The third kappa shape index (κ3) is 2.40. The number of ether oxygens (including phenoxy) is 1. The van der Waals surface area contributed by atoms with Gasteiger partial charge in [0.1, 0.15) is 11.6 Å². The number of fused-ring (bicyclic) bond motifs is 1. The molecule has 2 heterocycles. The second-order valence-corrected chi connectivity index (χ2v) is 6.38. The molecule has 1 N–H and O–H groups in total. The topological polar surface area (TPSA) is 56.1 Å². The summed E-state index contributed by atoms with van der Waals surface area (Å²) < 4.78 is 7.53. The Morgan fingerprint density at radius 1 is 1.22 bits per heavy atom. The van der Waals surface area contributed by atoms with E-state index < -0.39 is 0 Å². The highest BCUT2D eigenvalue weighted by Crippen LogP contribution is 2.42. The van der Waals surface area contributed by atoms with Crippen LogP contribution in [0.4, 0.5) is 5.82 Å². The number of para-hydroxylation sites is 1. The van der Waals surface area contributed by atoms with Crippen molar-refractivity contribution >= 4 is 11.7 Å². The molecule has 4 rings (SSSR count). The van der Waals surface area contributed by atoms with E-state index in [2.05, 4.69) is 10.4 Å². The number of rotatable bonds is 3. The standard InChI is InChI=1S/C18H21N3O2/c1-23-16-9-5-4-8-13(16)14-10-17(22)20-18-15(14)11-19-21(18)12-6-2-3-7-12/h4-5,8-9,11-12,14H,2-3,6-7,10H2,1H3,(H,20,22). The molecular formula is C18H21N3O2. The number of amides is 1. The molecule has 1 atom stereocenters. The number of anilines is 1. The molecule has 1 aromatic heterocycles. The van der Waals surface area contributed by atoms with Crippen molar-refractivity contribution in [3.63, 3.8) is 0 Å². The van der Waals surface area contributed by atoms with Gasteiger partial charge in [-0.15, -0.1) is 0 Å². The lowest BCUT2D eigenvalue weighted by molar-refractivity contribution is -0.116. The first-order valence-corrected chi connectivity index (χ1v) is 8.28. The highest BCUT2D eigenvalue weighted by atomic mass is 16.5. The average molecular weight is 311 g/mol. The Kier molecular flexibility index (Phi) is 3.56. The number of hydrogen-bond acceptors (Lipinski definition) is 3. The summed E-state index contributed by atoms with van der Waals surface area (Å²) in [6, 6.07) is 8.34. The molecule has 0 radical (unpaired) electrons. The molecule has 5 heteroatoms. The van der Waals surface area contributed by atoms with Crippen molar-refractivity contribution in [2.24, 2.45) is 0 Å². The molecule has 1 aliphatic heterocycles. The summed E-state index contributed by atoms with van der Waals surface area (Å²) in [6.07, 6.45) is 7.12. The van der Waals surface area contributed by atoms with Crippen LogP contribution in [0.5, 0.6) is 5.75 Å². The van der Waals surface area contributed by atoms with E-state index in [1.807, 2.05) is 35.1 Å². The predicted octanol–water partition coefficient (Wildman–Crippen LogP) is 3.48. The maximum atomic E-state index is 12.3. The number of methoxy groups -OCH3 is 1. The number of carbonyl (C=O) groups is 1. The van der Waals surface area contributed by atoms with Crippen LogP contribution in [0.25, 0.3) is 0 Å². The molecule has 1 unspecified atom stereocenters. The molecule has 0 saturated heterocycles. The number of nitrogens with one attached hydrogen (secondary N) is 1. The second kappa shape index (κ2) is 5.72. The van der Waals surface area contributed by atoms with Gasteiger partial charge in [0, 0.05) is 23.5 Å². The van der Waals surface area contributed by atoms with Crippen LogP contribution in [0, 0.1) is 0 Å². The molecule has 0 bridgehead atoms. The molecule has 120 valence electrons. The molecule has 1 fully saturated rings. The van der Waals surface area contributed by atoms with Crippen LogP contribution < -0.4 is 10.1 Å². The summed E-state index contributed by atoms with van der Waals surface area (Å²) in [4.78, 5) is 12.3. The van der Waals surface area contributed by atoms with Crippen LogP contribution in [0.2, 0.25) is 0 Å². The summed E-state index contributed by atoms with van der Waals surface area (Å²) in [6.45, 7) is 0. The van der Waals surface area contributed by atoms with Crippen molar-refractivity contribution in [3.05, 3.63) is 41.6 Å². The lowest BCUT2D eigenvalue weighted by Gasteiger charge is -2.26. The Labute approximate surface area is 135 Å². The van der Waals surface area contributed by atoms with Gasteiger partial charge in [-0.1, -0.05) is 31.0 Å². The fourth-order valence-electron chi connectivity index (χ4n) is 3.90. The van der Waals surface area contributed by atoms with Crippen molar-refractivity contribution in [1.29, 1.82) is 0 Å². The Bertz CT molecular complexity index is 732. The Hall–Kier alpha value is -2.30. The molecule has 2 aromatic rings. The maximum Gasteiger partial charge on any atom is 0.226 e. The monoisotopic (exact) mass is 311 g/mol. The predicted molar refractivity (Wildman–Crippen MR) is 87.8 cm³/mol. The SMILES string of the molecule is COc1ccccc1C1CC(=O)Nc2c1cnn2C1CCCC1. The minimum Gasteiger partial charge on any atom is -0.496 e. The number of aromatic nitrogens is 2.